The van der Waals surface area contributed by atoms with Crippen molar-refractivity contribution in [2.45, 2.75) is 20.0 Å². The van der Waals surface area contributed by atoms with Crippen LogP contribution in [-0.2, 0) is 6.61 Å². The number of benzene rings is 1. The maximum atomic E-state index is 5.64. The summed E-state index contributed by atoms with van der Waals surface area (Å²) < 4.78 is 5.64. The van der Waals surface area contributed by atoms with Gasteiger partial charge in [0.2, 0.25) is 5.95 Å². The van der Waals surface area contributed by atoms with Gasteiger partial charge in [-0.2, -0.15) is 4.98 Å². The van der Waals surface area contributed by atoms with Gasteiger partial charge in [0.05, 0.1) is 0 Å². The Morgan fingerprint density at radius 2 is 2.06 bits per heavy atom. The van der Waals surface area contributed by atoms with E-state index in [2.05, 4.69) is 27.0 Å². The molecule has 0 aliphatic carbocycles. The van der Waals surface area contributed by atoms with Gasteiger partial charge in [-0.3, -0.25) is 5.10 Å². The van der Waals surface area contributed by atoms with Gasteiger partial charge in [0.25, 0.3) is 0 Å². The van der Waals surface area contributed by atoms with Crippen molar-refractivity contribution in [2.75, 3.05) is 18.0 Å². The molecule has 0 bridgehead atoms. The number of H-pyrrole nitrogens is 1. The predicted molar refractivity (Wildman–Crippen MR) is 68.7 cm³/mol. The molecular formula is C13H16N4O. The van der Waals surface area contributed by atoms with Gasteiger partial charge in [-0.05, 0) is 25.5 Å². The highest BCUT2D eigenvalue weighted by Crippen LogP contribution is 2.16. The quantitative estimate of drug-likeness (QED) is 0.892. The molecule has 0 saturated carbocycles. The largest absolute Gasteiger partial charge is 0.486 e. The zero-order valence-corrected chi connectivity index (χ0v) is 10.4. The third-order valence-corrected chi connectivity index (χ3v) is 3.06. The molecule has 5 nitrogen and oxygen atoms in total. The third-order valence-electron chi connectivity index (χ3n) is 3.06. The summed E-state index contributed by atoms with van der Waals surface area (Å²) >= 11 is 0. The van der Waals surface area contributed by atoms with E-state index in [1.165, 1.54) is 12.0 Å². The molecule has 0 unspecified atom stereocenters. The first kappa shape index (κ1) is 11.1. The highest BCUT2D eigenvalue weighted by Gasteiger charge is 2.18. The van der Waals surface area contributed by atoms with Crippen molar-refractivity contribution < 1.29 is 4.74 Å². The lowest BCUT2D eigenvalue weighted by Crippen LogP contribution is -2.37. The Morgan fingerprint density at radius 3 is 2.72 bits per heavy atom. The monoisotopic (exact) mass is 244 g/mol. The van der Waals surface area contributed by atoms with Crippen molar-refractivity contribution in [3.63, 3.8) is 0 Å². The number of anilines is 1. The molecule has 1 aromatic heterocycles. The van der Waals surface area contributed by atoms with Gasteiger partial charge in [-0.25, -0.2) is 0 Å². The number of nitrogens with zero attached hydrogens (tertiary/aromatic N) is 3. The molecule has 0 radical (unpaired) electrons. The number of hydrogen-bond acceptors (Lipinski definition) is 4. The van der Waals surface area contributed by atoms with Crippen molar-refractivity contribution in [1.29, 1.82) is 0 Å². The molecule has 1 fully saturated rings. The summed E-state index contributed by atoms with van der Waals surface area (Å²) in [6, 6.07) is 7.98. The van der Waals surface area contributed by atoms with E-state index >= 15 is 0 Å². The Hall–Kier alpha value is -2.04. The van der Waals surface area contributed by atoms with Crippen LogP contribution in [0.25, 0.3) is 0 Å². The lowest BCUT2D eigenvalue weighted by molar-refractivity contribution is 0.296. The summed E-state index contributed by atoms with van der Waals surface area (Å²) in [5, 5.41) is 7.08. The Kier molecular flexibility index (Phi) is 2.88. The van der Waals surface area contributed by atoms with Crippen molar-refractivity contribution in [3.05, 3.63) is 35.7 Å². The fourth-order valence-corrected chi connectivity index (χ4v) is 1.79. The van der Waals surface area contributed by atoms with Crippen LogP contribution in [-0.4, -0.2) is 28.3 Å². The van der Waals surface area contributed by atoms with Gasteiger partial charge in [0.1, 0.15) is 12.4 Å². The van der Waals surface area contributed by atoms with Gasteiger partial charge >= 0.3 is 0 Å². The molecule has 0 amide bonds. The van der Waals surface area contributed by atoms with Crippen LogP contribution in [0.1, 0.15) is 17.8 Å². The Morgan fingerprint density at radius 1 is 1.28 bits per heavy atom. The topological polar surface area (TPSA) is 54.0 Å². The maximum Gasteiger partial charge on any atom is 0.244 e. The average Bonchev–Trinajstić information content (AvgIpc) is 2.75. The zero-order chi connectivity index (χ0) is 12.4. The lowest BCUT2D eigenvalue weighted by atomic mass is 10.2. The highest BCUT2D eigenvalue weighted by molar-refractivity contribution is 5.32. The van der Waals surface area contributed by atoms with Crippen LogP contribution in [0.4, 0.5) is 5.95 Å². The normalized spacial score (nSPS) is 14.4. The minimum atomic E-state index is 0.421. The molecule has 1 aliphatic heterocycles. The number of aromatic nitrogens is 3. The Balaban J connectivity index is 1.59. The van der Waals surface area contributed by atoms with E-state index in [1.807, 2.05) is 24.3 Å². The van der Waals surface area contributed by atoms with Crippen LogP contribution in [0.2, 0.25) is 0 Å². The fraction of sp³-hybridized carbons (Fsp3) is 0.385. The lowest BCUT2D eigenvalue weighted by Gasteiger charge is -2.29. The minimum Gasteiger partial charge on any atom is -0.486 e. The molecule has 94 valence electrons. The van der Waals surface area contributed by atoms with Crippen LogP contribution >= 0.6 is 0 Å². The minimum absolute atomic E-state index is 0.421. The number of rotatable bonds is 4. The average molecular weight is 244 g/mol. The molecule has 2 heterocycles. The summed E-state index contributed by atoms with van der Waals surface area (Å²) in [5.74, 6) is 2.39. The molecule has 5 heteroatoms. The summed E-state index contributed by atoms with van der Waals surface area (Å²) in [6.45, 7) is 4.58. The molecule has 2 aromatic rings. The van der Waals surface area contributed by atoms with Crippen LogP contribution in [0, 0.1) is 6.92 Å². The maximum absolute atomic E-state index is 5.64. The van der Waals surface area contributed by atoms with E-state index in [1.54, 1.807) is 0 Å². The number of nitrogens with one attached hydrogen (secondary N) is 1. The first-order chi connectivity index (χ1) is 8.81. The third kappa shape index (κ3) is 2.30. The second kappa shape index (κ2) is 4.68. The predicted octanol–water partition coefficient (Wildman–Crippen LogP) is 1.90. The van der Waals surface area contributed by atoms with E-state index in [-0.39, 0.29) is 0 Å². The molecule has 0 atom stereocenters. The van der Waals surface area contributed by atoms with E-state index in [9.17, 15) is 0 Å². The zero-order valence-electron chi connectivity index (χ0n) is 10.4. The van der Waals surface area contributed by atoms with Crippen molar-refractivity contribution in [3.8, 4) is 5.75 Å². The summed E-state index contributed by atoms with van der Waals surface area (Å²) in [5.41, 5.74) is 1.22. The first-order valence-electron chi connectivity index (χ1n) is 6.17. The number of aromatic amines is 1. The molecule has 0 spiro atoms. The number of ether oxygens (including phenoxy) is 1. The van der Waals surface area contributed by atoms with Crippen molar-refractivity contribution in [2.24, 2.45) is 0 Å². The van der Waals surface area contributed by atoms with Gasteiger partial charge in [-0.1, -0.05) is 17.7 Å². The van der Waals surface area contributed by atoms with Gasteiger partial charge in [0.15, 0.2) is 5.82 Å². The van der Waals surface area contributed by atoms with Crippen LogP contribution in [0.5, 0.6) is 5.75 Å². The van der Waals surface area contributed by atoms with Gasteiger partial charge < -0.3 is 9.64 Å². The fourth-order valence-electron chi connectivity index (χ4n) is 1.79. The molecule has 1 aromatic carbocycles. The number of aryl methyl sites for hydroxylation is 1. The van der Waals surface area contributed by atoms with Crippen LogP contribution < -0.4 is 9.64 Å². The molecular weight excluding hydrogens is 228 g/mol. The summed E-state index contributed by atoms with van der Waals surface area (Å²) in [6.07, 6.45) is 1.23. The first-order valence-corrected chi connectivity index (χ1v) is 6.17. The summed E-state index contributed by atoms with van der Waals surface area (Å²) in [4.78, 5) is 6.54. The molecule has 1 N–H and O–H groups in total. The van der Waals surface area contributed by atoms with Crippen LogP contribution in [0.15, 0.2) is 24.3 Å². The second-order valence-electron chi connectivity index (χ2n) is 4.52. The molecule has 1 saturated heterocycles. The van der Waals surface area contributed by atoms with Crippen LogP contribution in [0.3, 0.4) is 0 Å². The smallest absolute Gasteiger partial charge is 0.244 e. The Bertz CT molecular complexity index is 516. The molecule has 1 aliphatic rings. The summed E-state index contributed by atoms with van der Waals surface area (Å²) in [7, 11) is 0. The van der Waals surface area contributed by atoms with Crippen molar-refractivity contribution in [1.82, 2.24) is 15.2 Å². The van der Waals surface area contributed by atoms with E-state index < -0.39 is 0 Å². The van der Waals surface area contributed by atoms with E-state index in [4.69, 9.17) is 4.74 Å². The highest BCUT2D eigenvalue weighted by atomic mass is 16.5. The molecule has 3 rings (SSSR count). The van der Waals surface area contributed by atoms with E-state index in [0.29, 0.717) is 6.61 Å². The SMILES string of the molecule is Cc1ccc(OCc2nc(N3CCC3)n[nH]2)cc1. The van der Waals surface area contributed by atoms with E-state index in [0.717, 1.165) is 30.6 Å². The van der Waals surface area contributed by atoms with Gasteiger partial charge in [-0.15, -0.1) is 5.10 Å². The molecule has 18 heavy (non-hydrogen) atoms. The second-order valence-corrected chi connectivity index (χ2v) is 4.52. The van der Waals surface area contributed by atoms with Gasteiger partial charge in [0, 0.05) is 13.1 Å². The number of hydrogen-bond donors (Lipinski definition) is 1. The Labute approximate surface area is 106 Å². The van der Waals surface area contributed by atoms with Crippen molar-refractivity contribution >= 4 is 5.95 Å². The standard InChI is InChI=1S/C13H16N4O/c1-10-3-5-11(6-4-10)18-9-12-14-13(16-15-12)17-7-2-8-17/h3-6H,2,7-9H2,1H3,(H,14,15,16).